The molecule has 0 amide bonds. The molecule has 108 valence electrons. The van der Waals surface area contributed by atoms with Gasteiger partial charge in [0.25, 0.3) is 0 Å². The van der Waals surface area contributed by atoms with Gasteiger partial charge in [-0.3, -0.25) is 4.99 Å². The van der Waals surface area contributed by atoms with Crippen molar-refractivity contribution in [2.75, 3.05) is 26.7 Å². The summed E-state index contributed by atoms with van der Waals surface area (Å²) >= 11 is 0. The van der Waals surface area contributed by atoms with Gasteiger partial charge in [0.05, 0.1) is 5.60 Å². The first-order valence-electron chi connectivity index (χ1n) is 6.64. The predicted octanol–water partition coefficient (Wildman–Crippen LogP) is 2.38. The number of nitrogens with one attached hydrogen (secondary N) is 2. The lowest BCUT2D eigenvalue weighted by Crippen LogP contribution is -2.45. The zero-order valence-electron chi connectivity index (χ0n) is 12.1. The first-order chi connectivity index (χ1) is 8.06. The zero-order valence-corrected chi connectivity index (χ0v) is 14.4. The van der Waals surface area contributed by atoms with E-state index in [1.807, 2.05) is 7.05 Å². The lowest BCUT2D eigenvalue weighted by atomic mass is 10.0. The molecule has 1 unspecified atom stereocenters. The Morgan fingerprint density at radius 1 is 1.39 bits per heavy atom. The molecule has 1 rings (SSSR count). The van der Waals surface area contributed by atoms with E-state index >= 15 is 0 Å². The van der Waals surface area contributed by atoms with E-state index in [0.29, 0.717) is 0 Å². The quantitative estimate of drug-likeness (QED) is 0.444. The highest BCUT2D eigenvalue weighted by Crippen LogP contribution is 2.23. The van der Waals surface area contributed by atoms with Gasteiger partial charge < -0.3 is 15.4 Å². The van der Waals surface area contributed by atoms with Gasteiger partial charge in [0.1, 0.15) is 0 Å². The average molecular weight is 369 g/mol. The Morgan fingerprint density at radius 3 is 2.61 bits per heavy atom. The van der Waals surface area contributed by atoms with Crippen molar-refractivity contribution >= 4 is 29.9 Å². The summed E-state index contributed by atoms with van der Waals surface area (Å²) in [5.41, 5.74) is -0.0182. The number of hydrogen-bond donors (Lipinski definition) is 2. The lowest BCUT2D eigenvalue weighted by Gasteiger charge is -2.24. The van der Waals surface area contributed by atoms with E-state index in [4.69, 9.17) is 4.74 Å². The van der Waals surface area contributed by atoms with Crippen molar-refractivity contribution in [1.82, 2.24) is 10.6 Å². The monoisotopic (exact) mass is 369 g/mol. The van der Waals surface area contributed by atoms with Crippen LogP contribution in [0.1, 0.15) is 40.0 Å². The molecule has 1 atom stereocenters. The van der Waals surface area contributed by atoms with E-state index in [9.17, 15) is 0 Å². The molecule has 4 nitrogen and oxygen atoms in total. The lowest BCUT2D eigenvalue weighted by molar-refractivity contribution is 0.0243. The van der Waals surface area contributed by atoms with Crippen LogP contribution in [0.15, 0.2) is 4.99 Å². The van der Waals surface area contributed by atoms with E-state index in [1.165, 1.54) is 0 Å². The Morgan fingerprint density at radius 2 is 2.11 bits per heavy atom. The highest BCUT2D eigenvalue weighted by Gasteiger charge is 2.29. The summed E-state index contributed by atoms with van der Waals surface area (Å²) in [6.07, 6.45) is 3.45. The Labute approximate surface area is 128 Å². The summed E-state index contributed by atoms with van der Waals surface area (Å²) in [5.74, 6) is 1.60. The average Bonchev–Trinajstić information content (AvgIpc) is 2.70. The van der Waals surface area contributed by atoms with Crippen molar-refractivity contribution in [2.24, 2.45) is 10.9 Å². The zero-order chi connectivity index (χ0) is 12.7. The first kappa shape index (κ1) is 18.0. The summed E-state index contributed by atoms with van der Waals surface area (Å²) in [6, 6.07) is 0. The molecule has 2 N–H and O–H groups in total. The number of aliphatic imine (C=N–C) groups is 1. The molecule has 1 heterocycles. The van der Waals surface area contributed by atoms with Crippen LogP contribution in [-0.2, 0) is 4.74 Å². The molecule has 5 heteroatoms. The van der Waals surface area contributed by atoms with E-state index < -0.39 is 0 Å². The maximum absolute atomic E-state index is 5.73. The predicted molar refractivity (Wildman–Crippen MR) is 87.8 cm³/mol. The molecular weight excluding hydrogens is 341 g/mol. The Bertz CT molecular complexity index is 251. The van der Waals surface area contributed by atoms with Crippen LogP contribution in [-0.4, -0.2) is 38.3 Å². The SMILES string of the molecule is CN=C(NCCC(C)C)NCC1(C)CCCO1.I. The molecule has 0 aromatic carbocycles. The molecule has 1 fully saturated rings. The van der Waals surface area contributed by atoms with Crippen molar-refractivity contribution < 1.29 is 4.74 Å². The topological polar surface area (TPSA) is 45.7 Å². The third-order valence-electron chi connectivity index (χ3n) is 3.17. The number of hydrogen-bond acceptors (Lipinski definition) is 2. The van der Waals surface area contributed by atoms with Crippen molar-refractivity contribution in [3.05, 3.63) is 0 Å². The summed E-state index contributed by atoms with van der Waals surface area (Å²) in [7, 11) is 1.81. The van der Waals surface area contributed by atoms with Gasteiger partial charge in [-0.25, -0.2) is 0 Å². The van der Waals surface area contributed by atoms with Gasteiger partial charge in [-0.2, -0.15) is 0 Å². The molecule has 1 aliphatic rings. The maximum Gasteiger partial charge on any atom is 0.191 e. The van der Waals surface area contributed by atoms with Gasteiger partial charge in [0, 0.05) is 26.7 Å². The number of nitrogens with zero attached hydrogens (tertiary/aromatic N) is 1. The van der Waals surface area contributed by atoms with Crippen molar-refractivity contribution in [3.8, 4) is 0 Å². The summed E-state index contributed by atoms with van der Waals surface area (Å²) in [5, 5.41) is 6.66. The van der Waals surface area contributed by atoms with E-state index in [0.717, 1.165) is 50.8 Å². The highest BCUT2D eigenvalue weighted by atomic mass is 127. The largest absolute Gasteiger partial charge is 0.373 e. The molecule has 0 radical (unpaired) electrons. The number of guanidine groups is 1. The van der Waals surface area contributed by atoms with Crippen LogP contribution in [0.5, 0.6) is 0 Å². The second-order valence-electron chi connectivity index (χ2n) is 5.44. The molecule has 1 aliphatic heterocycles. The van der Waals surface area contributed by atoms with Crippen molar-refractivity contribution in [2.45, 2.75) is 45.6 Å². The molecule has 0 aliphatic carbocycles. The Kier molecular flexibility index (Phi) is 8.94. The van der Waals surface area contributed by atoms with Crippen LogP contribution in [0.25, 0.3) is 0 Å². The highest BCUT2D eigenvalue weighted by molar-refractivity contribution is 14.0. The van der Waals surface area contributed by atoms with E-state index in [1.54, 1.807) is 0 Å². The van der Waals surface area contributed by atoms with Crippen molar-refractivity contribution in [3.63, 3.8) is 0 Å². The standard InChI is InChI=1S/C13H27N3O.HI/c1-11(2)6-8-15-12(14-4)16-10-13(3)7-5-9-17-13;/h11H,5-10H2,1-4H3,(H2,14,15,16);1H. The van der Waals surface area contributed by atoms with Crippen LogP contribution >= 0.6 is 24.0 Å². The minimum Gasteiger partial charge on any atom is -0.373 e. The number of rotatable bonds is 5. The molecule has 0 aromatic rings. The van der Waals surface area contributed by atoms with Crippen LogP contribution in [0.2, 0.25) is 0 Å². The molecule has 1 saturated heterocycles. The fraction of sp³-hybridized carbons (Fsp3) is 0.923. The van der Waals surface area contributed by atoms with Gasteiger partial charge in [0.15, 0.2) is 5.96 Å². The van der Waals surface area contributed by atoms with E-state index in [-0.39, 0.29) is 29.6 Å². The molecule has 0 saturated carbocycles. The number of halogens is 1. The molecule has 0 bridgehead atoms. The first-order valence-corrected chi connectivity index (χ1v) is 6.64. The van der Waals surface area contributed by atoms with Gasteiger partial charge in [0.2, 0.25) is 0 Å². The minimum absolute atomic E-state index is 0. The minimum atomic E-state index is -0.0182. The fourth-order valence-electron chi connectivity index (χ4n) is 1.95. The smallest absolute Gasteiger partial charge is 0.191 e. The van der Waals surface area contributed by atoms with Gasteiger partial charge in [-0.1, -0.05) is 13.8 Å². The Balaban J connectivity index is 0.00000289. The summed E-state index contributed by atoms with van der Waals surface area (Å²) in [4.78, 5) is 4.22. The van der Waals surface area contributed by atoms with Crippen LogP contribution in [0.3, 0.4) is 0 Å². The van der Waals surface area contributed by atoms with Crippen LogP contribution < -0.4 is 10.6 Å². The number of ether oxygens (including phenoxy) is 1. The molecule has 18 heavy (non-hydrogen) atoms. The second-order valence-corrected chi connectivity index (χ2v) is 5.44. The maximum atomic E-state index is 5.73. The van der Waals surface area contributed by atoms with Gasteiger partial charge >= 0.3 is 0 Å². The fourth-order valence-corrected chi connectivity index (χ4v) is 1.95. The Hall–Kier alpha value is -0.0400. The van der Waals surface area contributed by atoms with Gasteiger partial charge in [-0.15, -0.1) is 24.0 Å². The van der Waals surface area contributed by atoms with Crippen LogP contribution in [0, 0.1) is 5.92 Å². The summed E-state index contributed by atoms with van der Waals surface area (Å²) in [6.45, 7) is 9.30. The third kappa shape index (κ3) is 6.78. The second kappa shape index (κ2) is 8.96. The molecular formula is C13H28IN3O. The third-order valence-corrected chi connectivity index (χ3v) is 3.17. The molecule has 0 spiro atoms. The normalized spacial score (nSPS) is 23.9. The van der Waals surface area contributed by atoms with Crippen LogP contribution in [0.4, 0.5) is 0 Å². The molecule has 0 aromatic heterocycles. The van der Waals surface area contributed by atoms with Crippen molar-refractivity contribution in [1.29, 1.82) is 0 Å². The summed E-state index contributed by atoms with van der Waals surface area (Å²) < 4.78 is 5.73. The van der Waals surface area contributed by atoms with E-state index in [2.05, 4.69) is 36.4 Å². The van der Waals surface area contributed by atoms with Gasteiger partial charge in [-0.05, 0) is 32.1 Å².